The van der Waals surface area contributed by atoms with Crippen LogP contribution in [0.4, 0.5) is 11.4 Å². The normalized spacial score (nSPS) is 16.3. The molecule has 2 aromatic carbocycles. The first-order valence-corrected chi connectivity index (χ1v) is 11.4. The summed E-state index contributed by atoms with van der Waals surface area (Å²) in [6, 6.07) is 10.8. The summed E-state index contributed by atoms with van der Waals surface area (Å²) in [4.78, 5) is 14.4. The Morgan fingerprint density at radius 3 is 2.56 bits per heavy atom. The van der Waals surface area contributed by atoms with E-state index in [4.69, 9.17) is 0 Å². The zero-order chi connectivity index (χ0) is 19.2. The van der Waals surface area contributed by atoms with Gasteiger partial charge in [0.25, 0.3) is 10.0 Å². The standard InChI is InChI=1S/C20H21BrN2O3S/c1-2-13-3-7-16(8-4-13)22-27(25,26)19-12-18-15(11-17(19)21)9-10-23(18)20(24)14-5-6-14/h3-4,7-8,11-12,14,22H,2,5-6,9-10H2,1H3. The summed E-state index contributed by atoms with van der Waals surface area (Å²) >= 11 is 3.40. The molecule has 0 aromatic heterocycles. The molecule has 1 saturated carbocycles. The van der Waals surface area contributed by atoms with E-state index in [0.717, 1.165) is 42.5 Å². The Balaban J connectivity index is 1.66. The molecule has 7 heteroatoms. The minimum atomic E-state index is -3.77. The highest BCUT2D eigenvalue weighted by Gasteiger charge is 2.37. The molecule has 1 N–H and O–H groups in total. The molecule has 1 aliphatic carbocycles. The lowest BCUT2D eigenvalue weighted by atomic mass is 10.2. The van der Waals surface area contributed by atoms with E-state index in [0.29, 0.717) is 16.7 Å². The molecule has 27 heavy (non-hydrogen) atoms. The minimum absolute atomic E-state index is 0.106. The fourth-order valence-corrected chi connectivity index (χ4v) is 5.56. The lowest BCUT2D eigenvalue weighted by Crippen LogP contribution is -2.30. The van der Waals surface area contributed by atoms with Crippen LogP contribution >= 0.6 is 15.9 Å². The molecule has 1 fully saturated rings. The fraction of sp³-hybridized carbons (Fsp3) is 0.350. The molecule has 4 rings (SSSR count). The monoisotopic (exact) mass is 448 g/mol. The van der Waals surface area contributed by atoms with Gasteiger partial charge in [0.05, 0.1) is 0 Å². The van der Waals surface area contributed by atoms with Crippen molar-refractivity contribution in [3.8, 4) is 0 Å². The lowest BCUT2D eigenvalue weighted by molar-refractivity contribution is -0.119. The second-order valence-corrected chi connectivity index (χ2v) is 9.59. The van der Waals surface area contributed by atoms with Gasteiger partial charge in [-0.05, 0) is 77.0 Å². The van der Waals surface area contributed by atoms with Crippen LogP contribution in [0.15, 0.2) is 45.8 Å². The van der Waals surface area contributed by atoms with Crippen molar-refractivity contribution in [1.82, 2.24) is 0 Å². The number of amides is 1. The number of anilines is 2. The number of rotatable bonds is 5. The van der Waals surface area contributed by atoms with Gasteiger partial charge in [-0.1, -0.05) is 19.1 Å². The number of carbonyl (C=O) groups excluding carboxylic acids is 1. The third-order valence-electron chi connectivity index (χ3n) is 5.13. The summed E-state index contributed by atoms with van der Waals surface area (Å²) < 4.78 is 29.1. The second-order valence-electron chi connectivity index (χ2n) is 7.08. The molecular weight excluding hydrogens is 428 g/mol. The number of hydrogen-bond acceptors (Lipinski definition) is 3. The Labute approximate surface area is 167 Å². The van der Waals surface area contributed by atoms with E-state index >= 15 is 0 Å². The number of sulfonamides is 1. The summed E-state index contributed by atoms with van der Waals surface area (Å²) in [5, 5.41) is 0. The third kappa shape index (κ3) is 3.62. The van der Waals surface area contributed by atoms with Crippen molar-refractivity contribution in [3.63, 3.8) is 0 Å². The first kappa shape index (κ1) is 18.5. The third-order valence-corrected chi connectivity index (χ3v) is 7.47. The van der Waals surface area contributed by atoms with Gasteiger partial charge >= 0.3 is 0 Å². The maximum Gasteiger partial charge on any atom is 0.263 e. The van der Waals surface area contributed by atoms with Gasteiger partial charge in [0.2, 0.25) is 5.91 Å². The van der Waals surface area contributed by atoms with Crippen LogP contribution in [0, 0.1) is 5.92 Å². The van der Waals surface area contributed by atoms with E-state index in [1.165, 1.54) is 0 Å². The Hall–Kier alpha value is -1.86. The van der Waals surface area contributed by atoms with Crippen molar-refractivity contribution in [1.29, 1.82) is 0 Å². The van der Waals surface area contributed by atoms with Crippen LogP contribution < -0.4 is 9.62 Å². The number of fused-ring (bicyclic) bond motifs is 1. The van der Waals surface area contributed by atoms with Gasteiger partial charge < -0.3 is 4.90 Å². The average Bonchev–Trinajstić information content (AvgIpc) is 3.41. The van der Waals surface area contributed by atoms with E-state index in [-0.39, 0.29) is 16.7 Å². The lowest BCUT2D eigenvalue weighted by Gasteiger charge is -2.19. The van der Waals surface area contributed by atoms with Crippen molar-refractivity contribution >= 4 is 43.2 Å². The molecular formula is C20H21BrN2O3S. The summed E-state index contributed by atoms with van der Waals surface area (Å²) in [6.07, 6.45) is 3.51. The molecule has 0 saturated heterocycles. The number of nitrogens with one attached hydrogen (secondary N) is 1. The average molecular weight is 449 g/mol. The van der Waals surface area contributed by atoms with Crippen molar-refractivity contribution in [2.45, 2.75) is 37.5 Å². The maximum absolute atomic E-state index is 13.0. The van der Waals surface area contributed by atoms with Gasteiger partial charge in [0.15, 0.2) is 0 Å². The molecule has 0 atom stereocenters. The molecule has 1 heterocycles. The van der Waals surface area contributed by atoms with Crippen molar-refractivity contribution in [3.05, 3.63) is 52.0 Å². The first-order valence-electron chi connectivity index (χ1n) is 9.14. The number of hydrogen-bond donors (Lipinski definition) is 1. The zero-order valence-corrected chi connectivity index (χ0v) is 17.4. The molecule has 0 radical (unpaired) electrons. The van der Waals surface area contributed by atoms with Gasteiger partial charge in [-0.2, -0.15) is 0 Å². The largest absolute Gasteiger partial charge is 0.312 e. The first-order chi connectivity index (χ1) is 12.9. The molecule has 2 aromatic rings. The van der Waals surface area contributed by atoms with E-state index in [1.807, 2.05) is 18.2 Å². The van der Waals surface area contributed by atoms with Crippen LogP contribution in [0.5, 0.6) is 0 Å². The molecule has 2 aliphatic rings. The summed E-state index contributed by atoms with van der Waals surface area (Å²) in [7, 11) is -3.77. The SMILES string of the molecule is CCc1ccc(NS(=O)(=O)c2cc3c(cc2Br)CCN3C(=O)C2CC2)cc1. The highest BCUT2D eigenvalue weighted by atomic mass is 79.9. The van der Waals surface area contributed by atoms with Crippen molar-refractivity contribution in [2.75, 3.05) is 16.2 Å². The number of halogens is 1. The molecule has 0 bridgehead atoms. The van der Waals surface area contributed by atoms with Crippen LogP contribution in [0.25, 0.3) is 0 Å². The predicted molar refractivity (Wildman–Crippen MR) is 110 cm³/mol. The Bertz CT molecular complexity index is 999. The zero-order valence-electron chi connectivity index (χ0n) is 15.0. The maximum atomic E-state index is 13.0. The summed E-state index contributed by atoms with van der Waals surface area (Å²) in [5.74, 6) is 0.220. The van der Waals surface area contributed by atoms with Crippen molar-refractivity contribution in [2.24, 2.45) is 5.92 Å². The topological polar surface area (TPSA) is 66.5 Å². The smallest absolute Gasteiger partial charge is 0.263 e. The Morgan fingerprint density at radius 1 is 1.22 bits per heavy atom. The fourth-order valence-electron chi connectivity index (χ4n) is 3.39. The Morgan fingerprint density at radius 2 is 1.93 bits per heavy atom. The number of benzene rings is 2. The van der Waals surface area contributed by atoms with E-state index < -0.39 is 10.0 Å². The van der Waals surface area contributed by atoms with Gasteiger partial charge in [0, 0.05) is 28.3 Å². The van der Waals surface area contributed by atoms with Gasteiger partial charge in [-0.15, -0.1) is 0 Å². The molecule has 0 unspecified atom stereocenters. The number of nitrogens with zero attached hydrogens (tertiary/aromatic N) is 1. The Kier molecular flexibility index (Phi) is 4.76. The predicted octanol–water partition coefficient (Wildman–Crippen LogP) is 4.11. The summed E-state index contributed by atoms with van der Waals surface area (Å²) in [5.41, 5.74) is 3.38. The highest BCUT2D eigenvalue weighted by molar-refractivity contribution is 9.10. The van der Waals surface area contributed by atoms with Gasteiger partial charge in [-0.3, -0.25) is 9.52 Å². The molecule has 5 nitrogen and oxygen atoms in total. The number of carbonyl (C=O) groups is 1. The van der Waals surface area contributed by atoms with E-state index in [2.05, 4.69) is 27.6 Å². The van der Waals surface area contributed by atoms with Crippen LogP contribution in [-0.4, -0.2) is 20.9 Å². The van der Waals surface area contributed by atoms with E-state index in [9.17, 15) is 13.2 Å². The number of aryl methyl sites for hydroxylation is 1. The van der Waals surface area contributed by atoms with Gasteiger partial charge in [-0.25, -0.2) is 8.42 Å². The van der Waals surface area contributed by atoms with Crippen LogP contribution in [0.1, 0.15) is 30.9 Å². The van der Waals surface area contributed by atoms with Crippen LogP contribution in [0.2, 0.25) is 0 Å². The summed E-state index contributed by atoms with van der Waals surface area (Å²) in [6.45, 7) is 2.67. The molecule has 1 amide bonds. The second kappa shape index (κ2) is 6.95. The van der Waals surface area contributed by atoms with E-state index in [1.54, 1.807) is 23.1 Å². The molecule has 142 valence electrons. The molecule has 1 aliphatic heterocycles. The minimum Gasteiger partial charge on any atom is -0.312 e. The van der Waals surface area contributed by atoms with Crippen LogP contribution in [0.3, 0.4) is 0 Å². The quantitative estimate of drug-likeness (QED) is 0.747. The molecule has 0 spiro atoms. The van der Waals surface area contributed by atoms with Crippen LogP contribution in [-0.2, 0) is 27.7 Å². The van der Waals surface area contributed by atoms with Gasteiger partial charge in [0.1, 0.15) is 4.90 Å². The highest BCUT2D eigenvalue weighted by Crippen LogP contribution is 2.39. The van der Waals surface area contributed by atoms with Crippen molar-refractivity contribution < 1.29 is 13.2 Å².